The number of hydrogen-bond donors (Lipinski definition) is 1. The van der Waals surface area contributed by atoms with Crippen molar-refractivity contribution in [3.8, 4) is 11.6 Å². The summed E-state index contributed by atoms with van der Waals surface area (Å²) in [4.78, 5) is 19.4. The van der Waals surface area contributed by atoms with Crippen LogP contribution in [0.4, 0.5) is 11.4 Å². The number of pyridine rings is 1. The Balaban J connectivity index is 1.51. The van der Waals surface area contributed by atoms with Crippen LogP contribution in [0.25, 0.3) is 0 Å². The molecule has 0 unspecified atom stereocenters. The quantitative estimate of drug-likeness (QED) is 0.706. The molecule has 1 fully saturated rings. The first kappa shape index (κ1) is 19.0. The number of carbonyl (C=O) groups excluding carboxylic acids is 1. The molecule has 0 spiro atoms. The van der Waals surface area contributed by atoms with E-state index in [1.54, 1.807) is 18.3 Å². The highest BCUT2D eigenvalue weighted by atomic mass is 16.5. The zero-order valence-electron chi connectivity index (χ0n) is 16.3. The van der Waals surface area contributed by atoms with E-state index in [2.05, 4.69) is 21.3 Å². The van der Waals surface area contributed by atoms with Gasteiger partial charge in [0.25, 0.3) is 5.91 Å². The summed E-state index contributed by atoms with van der Waals surface area (Å²) >= 11 is 0. The average molecular weight is 389 g/mol. The van der Waals surface area contributed by atoms with Gasteiger partial charge in [-0.05, 0) is 55.0 Å². The predicted octanol–water partition coefficient (Wildman–Crippen LogP) is 4.27. The van der Waals surface area contributed by atoms with Crippen LogP contribution in [0.3, 0.4) is 0 Å². The molecule has 2 aromatic carbocycles. The number of para-hydroxylation sites is 1. The van der Waals surface area contributed by atoms with Gasteiger partial charge in [-0.25, -0.2) is 4.98 Å². The Kier molecular flexibility index (Phi) is 5.72. The number of morpholine rings is 1. The van der Waals surface area contributed by atoms with Crippen LogP contribution in [0.5, 0.6) is 11.6 Å². The molecule has 148 valence electrons. The summed E-state index contributed by atoms with van der Waals surface area (Å²) in [6, 6.07) is 18.8. The molecule has 1 aromatic heterocycles. The van der Waals surface area contributed by atoms with Crippen molar-refractivity contribution in [1.82, 2.24) is 4.98 Å². The third kappa shape index (κ3) is 4.55. The normalized spacial score (nSPS) is 13.8. The molecule has 6 nitrogen and oxygen atoms in total. The maximum atomic E-state index is 12.9. The van der Waals surface area contributed by atoms with Crippen molar-refractivity contribution in [3.05, 3.63) is 78.0 Å². The largest absolute Gasteiger partial charge is 0.438 e. The summed E-state index contributed by atoms with van der Waals surface area (Å²) in [5.41, 5.74) is 3.28. The lowest BCUT2D eigenvalue weighted by molar-refractivity contribution is 0.102. The van der Waals surface area contributed by atoms with E-state index in [4.69, 9.17) is 9.47 Å². The van der Waals surface area contributed by atoms with Gasteiger partial charge in [0.05, 0.1) is 13.2 Å². The van der Waals surface area contributed by atoms with E-state index in [1.807, 2.05) is 49.4 Å². The van der Waals surface area contributed by atoms with Gasteiger partial charge >= 0.3 is 0 Å². The van der Waals surface area contributed by atoms with E-state index < -0.39 is 0 Å². The van der Waals surface area contributed by atoms with Crippen LogP contribution in [0, 0.1) is 6.92 Å². The molecular formula is C23H23N3O3. The molecule has 0 radical (unpaired) electrons. The molecule has 2 heterocycles. The van der Waals surface area contributed by atoms with Crippen LogP contribution >= 0.6 is 0 Å². The second-order valence-electron chi connectivity index (χ2n) is 6.82. The molecule has 6 heteroatoms. The molecule has 4 rings (SSSR count). The molecule has 1 amide bonds. The van der Waals surface area contributed by atoms with Crippen molar-refractivity contribution in [1.29, 1.82) is 0 Å². The van der Waals surface area contributed by atoms with E-state index in [0.29, 0.717) is 11.3 Å². The van der Waals surface area contributed by atoms with E-state index >= 15 is 0 Å². The fourth-order valence-electron chi connectivity index (χ4n) is 3.24. The number of hydrogen-bond acceptors (Lipinski definition) is 5. The Morgan fingerprint density at radius 3 is 2.62 bits per heavy atom. The van der Waals surface area contributed by atoms with Gasteiger partial charge in [0, 0.05) is 30.7 Å². The number of anilines is 2. The minimum absolute atomic E-state index is 0.258. The summed E-state index contributed by atoms with van der Waals surface area (Å²) in [6.45, 7) is 5.22. The highest BCUT2D eigenvalue weighted by molar-refractivity contribution is 6.06. The zero-order chi connectivity index (χ0) is 20.1. The maximum Gasteiger partial charge on any atom is 0.261 e. The van der Waals surface area contributed by atoms with E-state index in [-0.39, 0.29) is 11.8 Å². The fourth-order valence-corrected chi connectivity index (χ4v) is 3.24. The molecule has 0 saturated carbocycles. The first-order valence-electron chi connectivity index (χ1n) is 9.63. The summed E-state index contributed by atoms with van der Waals surface area (Å²) in [6.07, 6.45) is 1.61. The highest BCUT2D eigenvalue weighted by Gasteiger charge is 2.17. The van der Waals surface area contributed by atoms with Crippen LogP contribution in [0.2, 0.25) is 0 Å². The van der Waals surface area contributed by atoms with Crippen LogP contribution < -0.4 is 15.0 Å². The van der Waals surface area contributed by atoms with Gasteiger partial charge < -0.3 is 19.7 Å². The molecule has 0 atom stereocenters. The smallest absolute Gasteiger partial charge is 0.261 e. The Hall–Kier alpha value is -3.38. The number of nitrogens with zero attached hydrogens (tertiary/aromatic N) is 2. The Bertz CT molecular complexity index is 986. The summed E-state index contributed by atoms with van der Waals surface area (Å²) in [5.74, 6) is 0.649. The summed E-state index contributed by atoms with van der Waals surface area (Å²) in [5, 5.41) is 2.98. The molecule has 3 aromatic rings. The number of aromatic nitrogens is 1. The van der Waals surface area contributed by atoms with Gasteiger partial charge in [-0.15, -0.1) is 0 Å². The van der Waals surface area contributed by atoms with Crippen molar-refractivity contribution in [2.75, 3.05) is 36.5 Å². The topological polar surface area (TPSA) is 63.7 Å². The third-order valence-corrected chi connectivity index (χ3v) is 4.81. The third-order valence-electron chi connectivity index (χ3n) is 4.81. The van der Waals surface area contributed by atoms with E-state index in [0.717, 1.165) is 43.2 Å². The van der Waals surface area contributed by atoms with Gasteiger partial charge in [-0.3, -0.25) is 4.79 Å². The molecule has 29 heavy (non-hydrogen) atoms. The lowest BCUT2D eigenvalue weighted by Gasteiger charge is -2.29. The lowest BCUT2D eigenvalue weighted by Crippen LogP contribution is -2.36. The van der Waals surface area contributed by atoms with Crippen LogP contribution in [0.1, 0.15) is 15.9 Å². The SMILES string of the molecule is Cc1cc(N2CCOCC2)ccc1NC(=O)c1cccnc1Oc1ccccc1. The molecule has 1 aliphatic heterocycles. The average Bonchev–Trinajstić information content (AvgIpc) is 2.77. The lowest BCUT2D eigenvalue weighted by atomic mass is 10.1. The van der Waals surface area contributed by atoms with Crippen molar-refractivity contribution in [2.24, 2.45) is 0 Å². The Morgan fingerprint density at radius 2 is 1.86 bits per heavy atom. The molecule has 1 N–H and O–H groups in total. The highest BCUT2D eigenvalue weighted by Crippen LogP contribution is 2.26. The summed E-state index contributed by atoms with van der Waals surface area (Å²) in [7, 11) is 0. The van der Waals surface area contributed by atoms with Gasteiger partial charge in [-0.1, -0.05) is 18.2 Å². The number of amides is 1. The monoisotopic (exact) mass is 389 g/mol. The van der Waals surface area contributed by atoms with Crippen LogP contribution in [-0.4, -0.2) is 37.2 Å². The first-order chi connectivity index (χ1) is 14.2. The second kappa shape index (κ2) is 8.75. The van der Waals surface area contributed by atoms with Gasteiger partial charge in [0.2, 0.25) is 5.88 Å². The number of carbonyl (C=O) groups is 1. The molecule has 1 saturated heterocycles. The van der Waals surface area contributed by atoms with Crippen molar-refractivity contribution >= 4 is 17.3 Å². The van der Waals surface area contributed by atoms with Crippen molar-refractivity contribution < 1.29 is 14.3 Å². The molecule has 1 aliphatic rings. The number of benzene rings is 2. The van der Waals surface area contributed by atoms with Crippen LogP contribution in [-0.2, 0) is 4.74 Å². The fraction of sp³-hybridized carbons (Fsp3) is 0.217. The van der Waals surface area contributed by atoms with E-state index in [1.165, 1.54) is 0 Å². The van der Waals surface area contributed by atoms with E-state index in [9.17, 15) is 4.79 Å². The van der Waals surface area contributed by atoms with Gasteiger partial charge in [0.1, 0.15) is 11.3 Å². The van der Waals surface area contributed by atoms with Gasteiger partial charge in [0.15, 0.2) is 0 Å². The summed E-state index contributed by atoms with van der Waals surface area (Å²) < 4.78 is 11.2. The number of ether oxygens (including phenoxy) is 2. The minimum Gasteiger partial charge on any atom is -0.438 e. The number of nitrogens with one attached hydrogen (secondary N) is 1. The standard InChI is InChI=1S/C23H23N3O3/c1-17-16-18(26-12-14-28-15-13-26)9-10-21(17)25-22(27)20-8-5-11-24-23(20)29-19-6-3-2-4-7-19/h2-11,16H,12-15H2,1H3,(H,25,27). The maximum absolute atomic E-state index is 12.9. The Labute approximate surface area is 170 Å². The second-order valence-corrected chi connectivity index (χ2v) is 6.82. The molecular weight excluding hydrogens is 366 g/mol. The Morgan fingerprint density at radius 1 is 1.07 bits per heavy atom. The number of aryl methyl sites for hydroxylation is 1. The molecule has 0 aliphatic carbocycles. The zero-order valence-corrected chi connectivity index (χ0v) is 16.3. The number of rotatable bonds is 5. The van der Waals surface area contributed by atoms with Gasteiger partial charge in [-0.2, -0.15) is 0 Å². The predicted molar refractivity (Wildman–Crippen MR) is 113 cm³/mol. The van der Waals surface area contributed by atoms with Crippen molar-refractivity contribution in [2.45, 2.75) is 6.92 Å². The molecule has 0 bridgehead atoms. The van der Waals surface area contributed by atoms with Crippen molar-refractivity contribution in [3.63, 3.8) is 0 Å². The first-order valence-corrected chi connectivity index (χ1v) is 9.63. The minimum atomic E-state index is -0.258. The van der Waals surface area contributed by atoms with Crippen LogP contribution in [0.15, 0.2) is 66.9 Å².